The molecule has 5 nitrogen and oxygen atoms in total. The molecule has 0 atom stereocenters. The fraction of sp³-hybridized carbons (Fsp3) is 0.952. The van der Waals surface area contributed by atoms with Gasteiger partial charge >= 0.3 is 21.1 Å². The minimum Gasteiger partial charge on any atom is -0.411 e. The Morgan fingerprint density at radius 3 is 0.313 bits per heavy atom. The van der Waals surface area contributed by atoms with Crippen LogP contribution in [0.15, 0.2) is 0 Å². The van der Waals surface area contributed by atoms with Gasteiger partial charge in [-0.15, -0.1) is 0 Å². The smallest absolute Gasteiger partial charge is 0.411 e. The summed E-state index contributed by atoms with van der Waals surface area (Å²) in [5.74, 6) is 0. The van der Waals surface area contributed by atoms with E-state index in [9.17, 15) is 0 Å². The van der Waals surface area contributed by atoms with Gasteiger partial charge in [0.2, 0.25) is 0 Å². The van der Waals surface area contributed by atoms with Crippen molar-refractivity contribution >= 4 is 129 Å². The van der Waals surface area contributed by atoms with Crippen LogP contribution >= 0.6 is 48.9 Å². The van der Waals surface area contributed by atoms with Gasteiger partial charge in [-0.3, -0.25) is 0 Å². The summed E-state index contributed by atoms with van der Waals surface area (Å²) in [6.45, 7) is 26.8. The van der Waals surface area contributed by atoms with E-state index in [4.69, 9.17) is 104 Å². The number of nitrogens with zero attached hydrogens (tertiary/aromatic N) is 4. The largest absolute Gasteiger partial charge is 4.00 e. The van der Waals surface area contributed by atoms with Crippen molar-refractivity contribution in [1.82, 2.24) is 19.6 Å². The molecule has 0 heterocycles. The topological polar surface area (TPSA) is 30.0 Å². The standard InChI is InChI=1S/4C21H43NS2.Mo.OS/c4*1-3-5-7-9-11-13-15-17-19-22(21(23)24)20-18-16-14-12-10-8-6-4-2;;1-2/h4*3-20H2,1-2H3,(H,23,24);;/q;;;;+4;/p-4. The summed E-state index contributed by atoms with van der Waals surface area (Å²) < 4.78 is 10.6. The maximum absolute atomic E-state index is 7.83. The first-order valence-corrected chi connectivity index (χ1v) is 46.5. The Kier molecular flexibility index (Phi) is 114. The Labute approximate surface area is 686 Å². The molecule has 590 valence electrons. The number of hydrogen-bond donors (Lipinski definition) is 0. The van der Waals surface area contributed by atoms with E-state index in [1.165, 1.54) is 411 Å². The summed E-state index contributed by atoms with van der Waals surface area (Å²) in [7, 11) is 0. The van der Waals surface area contributed by atoms with Crippen LogP contribution in [0.1, 0.15) is 466 Å². The minimum absolute atomic E-state index is 0. The molecule has 0 saturated carbocycles. The van der Waals surface area contributed by atoms with Crippen molar-refractivity contribution in [3.05, 3.63) is 0 Å². The van der Waals surface area contributed by atoms with Gasteiger partial charge < -0.3 is 119 Å². The van der Waals surface area contributed by atoms with Crippen LogP contribution in [0.3, 0.4) is 0 Å². The molecule has 0 rings (SSSR count). The Hall–Kier alpha value is 1.15. The van der Waals surface area contributed by atoms with Crippen LogP contribution in [0.4, 0.5) is 0 Å². The van der Waals surface area contributed by atoms with Gasteiger partial charge in [-0.25, -0.2) is 0 Å². The molecule has 99 heavy (non-hydrogen) atoms. The zero-order valence-corrected chi connectivity index (χ0v) is 76.5. The zero-order chi connectivity index (χ0) is 73.5. The molecular weight excluding hydrogens is 1470 g/mol. The average Bonchev–Trinajstić information content (AvgIpc) is 1.92. The van der Waals surface area contributed by atoms with Crippen molar-refractivity contribution in [2.24, 2.45) is 0 Å². The fourth-order valence-electron chi connectivity index (χ4n) is 12.7. The van der Waals surface area contributed by atoms with Crippen molar-refractivity contribution in [1.29, 1.82) is 0 Å². The molecule has 0 aliphatic carbocycles. The van der Waals surface area contributed by atoms with E-state index in [2.05, 4.69) is 87.5 Å². The summed E-state index contributed by atoms with van der Waals surface area (Å²) in [6, 6.07) is 0. The van der Waals surface area contributed by atoms with Crippen LogP contribution < -0.4 is 0 Å². The second-order valence-corrected chi connectivity index (χ2v) is 32.9. The van der Waals surface area contributed by atoms with Crippen molar-refractivity contribution in [3.63, 3.8) is 0 Å². The third-order valence-electron chi connectivity index (χ3n) is 19.3. The maximum atomic E-state index is 7.83. The Bertz CT molecular complexity index is 1250. The van der Waals surface area contributed by atoms with Gasteiger partial charge in [0.15, 0.2) is 12.5 Å². The number of thiocarbonyl (C=S) groups is 4. The zero-order valence-electron chi connectivity index (χ0n) is 67.2. The Morgan fingerprint density at radius 1 is 0.172 bits per heavy atom. The summed E-state index contributed by atoms with van der Waals surface area (Å²) in [5.41, 5.74) is 0. The van der Waals surface area contributed by atoms with Crippen molar-refractivity contribution in [2.45, 2.75) is 466 Å². The van der Waals surface area contributed by atoms with E-state index < -0.39 is 0 Å². The molecule has 0 aliphatic rings. The van der Waals surface area contributed by atoms with E-state index in [-0.39, 0.29) is 21.1 Å². The second kappa shape index (κ2) is 101. The van der Waals surface area contributed by atoms with E-state index in [0.29, 0.717) is 17.3 Å². The van der Waals surface area contributed by atoms with Gasteiger partial charge in [0.1, 0.15) is 0 Å². The second-order valence-electron chi connectivity index (χ2n) is 28.8. The minimum atomic E-state index is 0. The van der Waals surface area contributed by atoms with Gasteiger partial charge in [0, 0.05) is 52.4 Å². The molecule has 0 aromatic carbocycles. The third-order valence-corrected chi connectivity index (χ3v) is 21.4. The first-order valence-electron chi connectivity index (χ1n) is 42.9. The van der Waals surface area contributed by atoms with E-state index in [0.717, 1.165) is 52.4 Å². The van der Waals surface area contributed by atoms with Crippen LogP contribution in [0, 0.1) is 0 Å². The molecule has 0 aromatic heterocycles. The average molecular weight is 1630 g/mol. The molecule has 0 bridgehead atoms. The van der Waals surface area contributed by atoms with Gasteiger partial charge in [0.05, 0.1) is 0 Å². The summed E-state index contributed by atoms with van der Waals surface area (Å²) in [5, 5.41) is 0. The van der Waals surface area contributed by atoms with E-state index in [1.54, 1.807) is 0 Å². The Balaban J connectivity index is -0.000000288. The van der Waals surface area contributed by atoms with Gasteiger partial charge in [-0.1, -0.05) is 432 Å². The van der Waals surface area contributed by atoms with Crippen molar-refractivity contribution in [3.8, 4) is 0 Å². The maximum Gasteiger partial charge on any atom is 4.00 e. The number of unbranched alkanes of at least 4 members (excludes halogenated alkanes) is 56. The monoisotopic (exact) mass is 1630 g/mol. The molecule has 0 N–H and O–H groups in total. The van der Waals surface area contributed by atoms with Crippen LogP contribution in [-0.4, -0.2) is 93.4 Å². The van der Waals surface area contributed by atoms with E-state index >= 15 is 0 Å². The summed E-state index contributed by atoms with van der Waals surface area (Å²) in [6.07, 6.45) is 87.4. The molecule has 15 heteroatoms. The number of hydrogen-bond acceptors (Lipinski definition) is 10. The first-order chi connectivity index (χ1) is 47.9. The molecule has 0 spiro atoms. The first kappa shape index (κ1) is 111. The van der Waals surface area contributed by atoms with Crippen LogP contribution in [-0.2, 0) is 84.1 Å². The molecule has 0 unspecified atom stereocenters. The molecule has 0 aromatic rings. The van der Waals surface area contributed by atoms with Gasteiger partial charge in [-0.05, 0) is 51.4 Å². The summed E-state index contributed by atoms with van der Waals surface area (Å²) >= 11 is 44.9. The van der Waals surface area contributed by atoms with Crippen molar-refractivity contribution in [2.75, 3.05) is 52.4 Å². The SMILES string of the molecule is CCCCCCCCCCN(CCCCCCCCCC)C(=S)[S-].CCCCCCCCCCN(CCCCCCCCCC)C(=S)[S-].CCCCCCCCCCN(CCCCCCCCCC)C(=S)[S-].CCCCCCCCCCN(CCCCCCCCCC)C(=S)[S-].O=S.[Mo+4]. The Morgan fingerprint density at radius 2 is 0.242 bits per heavy atom. The molecule has 0 fully saturated rings. The van der Waals surface area contributed by atoms with Crippen LogP contribution in [0.5, 0.6) is 0 Å². The van der Waals surface area contributed by atoms with Crippen LogP contribution in [0.2, 0.25) is 0 Å². The number of rotatable bonds is 72. The quantitative estimate of drug-likeness (QED) is 0.0251. The molecule has 0 saturated heterocycles. The molecular formula is C84H168MoN4OS9. The normalized spacial score (nSPS) is 10.6. The van der Waals surface area contributed by atoms with Gasteiger partial charge in [-0.2, -0.15) is 4.21 Å². The molecule has 0 radical (unpaired) electrons. The molecule has 0 aliphatic heterocycles. The fourth-order valence-corrected chi connectivity index (χ4v) is 14.1. The molecule has 0 amide bonds. The van der Waals surface area contributed by atoms with Crippen molar-refractivity contribution < 1.29 is 25.3 Å². The predicted molar refractivity (Wildman–Crippen MR) is 475 cm³/mol. The third kappa shape index (κ3) is 99.1. The van der Waals surface area contributed by atoms with Gasteiger partial charge in [0.25, 0.3) is 0 Å². The van der Waals surface area contributed by atoms with Crippen LogP contribution in [0.25, 0.3) is 0 Å². The predicted octanol–water partition coefficient (Wildman–Crippen LogP) is 29.3. The summed E-state index contributed by atoms with van der Waals surface area (Å²) in [4.78, 5) is 9.05. The van der Waals surface area contributed by atoms with E-state index in [1.807, 2.05) is 0 Å².